The Labute approximate surface area is 297 Å². The van der Waals surface area contributed by atoms with Gasteiger partial charge in [-0.05, 0) is 69.1 Å². The van der Waals surface area contributed by atoms with Crippen molar-refractivity contribution in [1.29, 1.82) is 0 Å². The van der Waals surface area contributed by atoms with Crippen LogP contribution in [0.3, 0.4) is 0 Å². The molecule has 3 aromatic heterocycles. The van der Waals surface area contributed by atoms with Crippen LogP contribution >= 0.6 is 0 Å². The van der Waals surface area contributed by atoms with E-state index in [9.17, 15) is 0 Å². The lowest BCUT2D eigenvalue weighted by Crippen LogP contribution is -2.00. The van der Waals surface area contributed by atoms with Gasteiger partial charge < -0.3 is 8.83 Å². The monoisotopic (exact) mass is 665 g/mol. The number of fused-ring (bicyclic) bond motifs is 9. The molecule has 11 aromatic rings. The van der Waals surface area contributed by atoms with Crippen LogP contribution in [0, 0.1) is 0 Å². The van der Waals surface area contributed by atoms with Gasteiger partial charge in [0.25, 0.3) is 0 Å². The quantitative estimate of drug-likeness (QED) is 0.175. The maximum Gasteiger partial charge on any atom is 0.164 e. The summed E-state index contributed by atoms with van der Waals surface area (Å²) in [4.78, 5) is 15.4. The van der Waals surface area contributed by atoms with Crippen molar-refractivity contribution in [1.82, 2.24) is 15.0 Å². The Morgan fingerprint density at radius 1 is 0.308 bits per heavy atom. The Bertz CT molecular complexity index is 3190. The van der Waals surface area contributed by atoms with Gasteiger partial charge in [-0.1, -0.05) is 127 Å². The summed E-state index contributed by atoms with van der Waals surface area (Å²) in [7, 11) is 0. The Kier molecular flexibility index (Phi) is 6.18. The Hall–Kier alpha value is -7.11. The first-order valence-corrected chi connectivity index (χ1v) is 17.3. The van der Waals surface area contributed by atoms with Gasteiger partial charge in [0.1, 0.15) is 22.3 Å². The lowest BCUT2D eigenvalue weighted by Gasteiger charge is -2.10. The Morgan fingerprint density at radius 2 is 0.827 bits per heavy atom. The minimum absolute atomic E-state index is 0.574. The van der Waals surface area contributed by atoms with Crippen LogP contribution in [0.1, 0.15) is 0 Å². The zero-order chi connectivity index (χ0) is 34.2. The minimum Gasteiger partial charge on any atom is -0.456 e. The second-order valence-electron chi connectivity index (χ2n) is 13.2. The van der Waals surface area contributed by atoms with Crippen molar-refractivity contribution in [2.24, 2.45) is 0 Å². The summed E-state index contributed by atoms with van der Waals surface area (Å²) in [6.45, 7) is 0. The highest BCUT2D eigenvalue weighted by molar-refractivity contribution is 6.14. The molecule has 0 atom stereocenters. The highest BCUT2D eigenvalue weighted by atomic mass is 16.3. The number of nitrogens with zero attached hydrogens (tertiary/aromatic N) is 3. The number of hydrogen-bond acceptors (Lipinski definition) is 5. The van der Waals surface area contributed by atoms with Crippen LogP contribution in [0.15, 0.2) is 173 Å². The zero-order valence-corrected chi connectivity index (χ0v) is 27.7. The second-order valence-corrected chi connectivity index (χ2v) is 13.2. The van der Waals surface area contributed by atoms with Crippen molar-refractivity contribution in [3.8, 4) is 45.3 Å². The molecule has 0 aliphatic carbocycles. The van der Waals surface area contributed by atoms with Crippen molar-refractivity contribution < 1.29 is 8.83 Å². The van der Waals surface area contributed by atoms with Crippen LogP contribution in [-0.4, -0.2) is 15.0 Å². The molecule has 0 aliphatic heterocycles. The summed E-state index contributed by atoms with van der Waals surface area (Å²) in [6, 6.07) is 56.4. The van der Waals surface area contributed by atoms with Gasteiger partial charge in [-0.25, -0.2) is 15.0 Å². The van der Waals surface area contributed by atoms with Crippen molar-refractivity contribution in [3.63, 3.8) is 0 Å². The molecular weight excluding hydrogens is 639 g/mol. The van der Waals surface area contributed by atoms with Gasteiger partial charge in [-0.15, -0.1) is 0 Å². The Morgan fingerprint density at radius 3 is 1.58 bits per heavy atom. The molecule has 3 heterocycles. The van der Waals surface area contributed by atoms with Gasteiger partial charge in [-0.3, -0.25) is 0 Å². The predicted octanol–water partition coefficient (Wildman–Crippen LogP) is 12.6. The molecule has 0 unspecified atom stereocenters. The summed E-state index contributed by atoms with van der Waals surface area (Å²) in [5.41, 5.74) is 8.14. The van der Waals surface area contributed by atoms with Gasteiger partial charge in [0.05, 0.1) is 0 Å². The first-order chi connectivity index (χ1) is 25.7. The van der Waals surface area contributed by atoms with Gasteiger partial charge in [-0.2, -0.15) is 0 Å². The topological polar surface area (TPSA) is 65.0 Å². The summed E-state index contributed by atoms with van der Waals surface area (Å²) in [5.74, 6) is 1.75. The van der Waals surface area contributed by atoms with E-state index in [2.05, 4.69) is 91.0 Å². The molecule has 0 amide bonds. The zero-order valence-electron chi connectivity index (χ0n) is 27.7. The fourth-order valence-corrected chi connectivity index (χ4v) is 7.67. The number of para-hydroxylation sites is 1. The van der Waals surface area contributed by atoms with E-state index < -0.39 is 0 Å². The van der Waals surface area contributed by atoms with Crippen LogP contribution < -0.4 is 0 Å². The van der Waals surface area contributed by atoms with E-state index in [1.807, 2.05) is 72.8 Å². The normalized spacial score (nSPS) is 11.8. The molecule has 0 radical (unpaired) electrons. The van der Waals surface area contributed by atoms with E-state index in [-0.39, 0.29) is 0 Å². The van der Waals surface area contributed by atoms with Gasteiger partial charge in [0.15, 0.2) is 17.5 Å². The molecule has 0 saturated carbocycles. The molecule has 242 valence electrons. The molecule has 0 N–H and O–H groups in total. The molecule has 0 bridgehead atoms. The van der Waals surface area contributed by atoms with E-state index in [0.29, 0.717) is 17.5 Å². The number of furan rings is 2. The molecule has 5 nitrogen and oxygen atoms in total. The highest BCUT2D eigenvalue weighted by Gasteiger charge is 2.20. The van der Waals surface area contributed by atoms with Crippen molar-refractivity contribution in [3.05, 3.63) is 164 Å². The smallest absolute Gasteiger partial charge is 0.164 e. The van der Waals surface area contributed by atoms with Crippen molar-refractivity contribution >= 4 is 65.4 Å². The van der Waals surface area contributed by atoms with Crippen LogP contribution in [0.2, 0.25) is 0 Å². The van der Waals surface area contributed by atoms with E-state index >= 15 is 0 Å². The van der Waals surface area contributed by atoms with Gasteiger partial charge >= 0.3 is 0 Å². The van der Waals surface area contributed by atoms with Crippen molar-refractivity contribution in [2.75, 3.05) is 0 Å². The predicted molar refractivity (Wildman–Crippen MR) is 211 cm³/mol. The minimum atomic E-state index is 0.574. The lowest BCUT2D eigenvalue weighted by atomic mass is 9.96. The molecule has 8 aromatic carbocycles. The number of benzene rings is 8. The average Bonchev–Trinajstić information content (AvgIpc) is 3.79. The van der Waals surface area contributed by atoms with Gasteiger partial charge in [0, 0.05) is 38.2 Å². The van der Waals surface area contributed by atoms with E-state index in [0.717, 1.165) is 71.7 Å². The SMILES string of the molecule is c1ccc(-c2nc(-c3cccc4oc5ccccc5c34)nc(-c3cccc4oc5ccc(-c6ccc7ccc8ccccc8c7c6)cc5c34)n2)cc1. The largest absolute Gasteiger partial charge is 0.456 e. The molecule has 0 saturated heterocycles. The molecule has 0 aliphatic rings. The van der Waals surface area contributed by atoms with Gasteiger partial charge in [0.2, 0.25) is 0 Å². The standard InChI is InChI=1S/C47H27N3O2/c1-2-11-30(12-3-1)45-48-46(35-15-8-18-41-43(35)34-14-6-7-17-39(34)51-41)50-47(49-45)36-16-9-19-42-44(36)38-27-32(24-25-40(38)52-42)31-23-22-29-21-20-28-10-4-5-13-33(28)37(29)26-31/h1-27H. The number of hydrogen-bond donors (Lipinski definition) is 0. The van der Waals surface area contributed by atoms with Crippen molar-refractivity contribution in [2.45, 2.75) is 0 Å². The number of rotatable bonds is 4. The first kappa shape index (κ1) is 28.7. The third-order valence-electron chi connectivity index (χ3n) is 10.1. The van der Waals surface area contributed by atoms with Crippen LogP contribution in [0.5, 0.6) is 0 Å². The fourth-order valence-electron chi connectivity index (χ4n) is 7.67. The average molecular weight is 666 g/mol. The molecular formula is C47H27N3O2. The first-order valence-electron chi connectivity index (χ1n) is 17.3. The Balaban J connectivity index is 1.14. The van der Waals surface area contributed by atoms with E-state index in [1.54, 1.807) is 0 Å². The summed E-state index contributed by atoms with van der Waals surface area (Å²) in [6.07, 6.45) is 0. The summed E-state index contributed by atoms with van der Waals surface area (Å²) in [5, 5.41) is 8.91. The summed E-state index contributed by atoms with van der Waals surface area (Å²) < 4.78 is 12.7. The molecule has 5 heteroatoms. The maximum atomic E-state index is 6.47. The molecule has 0 fully saturated rings. The molecule has 11 rings (SSSR count). The lowest BCUT2D eigenvalue weighted by molar-refractivity contribution is 0.668. The van der Waals surface area contributed by atoms with E-state index in [4.69, 9.17) is 23.8 Å². The summed E-state index contributed by atoms with van der Waals surface area (Å²) >= 11 is 0. The molecule has 52 heavy (non-hydrogen) atoms. The third-order valence-corrected chi connectivity index (χ3v) is 10.1. The third kappa shape index (κ3) is 4.46. The van der Waals surface area contributed by atoms with Crippen LogP contribution in [0.4, 0.5) is 0 Å². The number of aromatic nitrogens is 3. The second kappa shape index (κ2) is 11.2. The maximum absolute atomic E-state index is 6.47. The fraction of sp³-hybridized carbons (Fsp3) is 0. The van der Waals surface area contributed by atoms with Crippen LogP contribution in [0.25, 0.3) is 111 Å². The highest BCUT2D eigenvalue weighted by Crippen LogP contribution is 2.40. The molecule has 0 spiro atoms. The van der Waals surface area contributed by atoms with E-state index in [1.165, 1.54) is 21.5 Å². The van der Waals surface area contributed by atoms with Crippen LogP contribution in [-0.2, 0) is 0 Å².